The van der Waals surface area contributed by atoms with Crippen LogP contribution in [0, 0.1) is 0 Å². The molecule has 0 unspecified atom stereocenters. The smallest absolute Gasteiger partial charge is 0.254 e. The first kappa shape index (κ1) is 27.6. The second-order valence-corrected chi connectivity index (χ2v) is 11.1. The van der Waals surface area contributed by atoms with Gasteiger partial charge in [0.15, 0.2) is 0 Å². The summed E-state index contributed by atoms with van der Waals surface area (Å²) in [7, 11) is 0. The van der Waals surface area contributed by atoms with Gasteiger partial charge in [-0.2, -0.15) is 5.10 Å². The van der Waals surface area contributed by atoms with E-state index in [0.29, 0.717) is 51.0 Å². The van der Waals surface area contributed by atoms with Crippen molar-refractivity contribution in [2.45, 2.75) is 18.9 Å². The summed E-state index contributed by atoms with van der Waals surface area (Å²) in [5, 5.41) is 14.7. The maximum atomic E-state index is 13.5. The molecule has 0 radical (unpaired) electrons. The average Bonchev–Trinajstić information content (AvgIpc) is 3.61. The topological polar surface area (TPSA) is 130 Å². The zero-order chi connectivity index (χ0) is 29.0. The molecule has 0 atom stereocenters. The summed E-state index contributed by atoms with van der Waals surface area (Å²) in [4.78, 5) is 27.2. The van der Waals surface area contributed by atoms with Crippen LogP contribution in [0.25, 0.3) is 22.0 Å². The number of nitrogens with one attached hydrogen (secondary N) is 3. The molecule has 3 saturated heterocycles. The normalized spacial score (nSPS) is 18.1. The number of amides is 1. The number of nitrogens with zero attached hydrogens (tertiary/aromatic N) is 5. The van der Waals surface area contributed by atoms with E-state index in [0.717, 1.165) is 78.2 Å². The number of anilines is 3. The third-order valence-electron chi connectivity index (χ3n) is 8.15. The van der Waals surface area contributed by atoms with E-state index in [9.17, 15) is 4.79 Å². The summed E-state index contributed by atoms with van der Waals surface area (Å²) >= 11 is 0. The Morgan fingerprint density at radius 2 is 1.72 bits per heavy atom. The fourth-order valence-electron chi connectivity index (χ4n) is 5.82. The highest BCUT2D eigenvalue weighted by Crippen LogP contribution is 2.34. The van der Waals surface area contributed by atoms with Crippen molar-refractivity contribution in [1.82, 2.24) is 30.4 Å². The first-order valence-corrected chi connectivity index (χ1v) is 15.0. The highest BCUT2D eigenvalue weighted by molar-refractivity contribution is 5.97. The van der Waals surface area contributed by atoms with E-state index in [1.165, 1.54) is 0 Å². The van der Waals surface area contributed by atoms with Crippen LogP contribution in [0.15, 0.2) is 48.9 Å². The zero-order valence-electron chi connectivity index (χ0n) is 24.1. The molecule has 5 heterocycles. The Hall–Kier alpha value is -4.26. The lowest BCUT2D eigenvalue weighted by molar-refractivity contribution is 0.0303. The molecule has 224 valence electrons. The molecule has 0 bridgehead atoms. The first-order chi connectivity index (χ1) is 21.2. The van der Waals surface area contributed by atoms with Crippen LogP contribution in [0.5, 0.6) is 5.75 Å². The second-order valence-electron chi connectivity index (χ2n) is 11.1. The Kier molecular flexibility index (Phi) is 8.04. The maximum absolute atomic E-state index is 13.5. The predicted octanol–water partition coefficient (Wildman–Crippen LogP) is 3.20. The van der Waals surface area contributed by atoms with E-state index >= 15 is 0 Å². The number of hydrogen-bond acceptors (Lipinski definition) is 10. The van der Waals surface area contributed by atoms with Gasteiger partial charge in [-0.3, -0.25) is 9.89 Å². The molecule has 3 fully saturated rings. The molecule has 4 aromatic rings. The zero-order valence-corrected chi connectivity index (χ0v) is 24.1. The fourth-order valence-corrected chi connectivity index (χ4v) is 5.82. The number of aromatic nitrogens is 4. The number of aromatic amines is 1. The van der Waals surface area contributed by atoms with E-state index < -0.39 is 0 Å². The summed E-state index contributed by atoms with van der Waals surface area (Å²) in [6.07, 6.45) is 7.45. The molecule has 1 amide bonds. The average molecular weight is 585 g/mol. The lowest BCUT2D eigenvalue weighted by Gasteiger charge is -2.31. The number of hydrogen-bond donors (Lipinski definition) is 3. The second kappa shape index (κ2) is 12.5. The van der Waals surface area contributed by atoms with Crippen LogP contribution in [-0.4, -0.2) is 103 Å². The van der Waals surface area contributed by atoms with Gasteiger partial charge in [0.05, 0.1) is 32.6 Å². The van der Waals surface area contributed by atoms with Gasteiger partial charge in [-0.05, 0) is 61.8 Å². The van der Waals surface area contributed by atoms with E-state index in [1.807, 2.05) is 41.6 Å². The van der Waals surface area contributed by atoms with Crippen molar-refractivity contribution < 1.29 is 19.0 Å². The molecular formula is C31H36N8O4. The molecule has 2 aromatic carbocycles. The Labute approximate surface area is 249 Å². The number of piperidine rings is 1. The largest absolute Gasteiger partial charge is 0.488 e. The van der Waals surface area contributed by atoms with Gasteiger partial charge in [0.1, 0.15) is 17.4 Å². The molecule has 3 aliphatic rings. The van der Waals surface area contributed by atoms with Gasteiger partial charge in [-0.15, -0.1) is 0 Å². The standard InChI is InChI=1S/C31H36N8O4/c40-30(39-7-11-42-12-8-39)22-14-25(17-26(15-22)38-5-9-41-10-6-38)36-31-33-18-23-13-21(24-19-34-35-20-24)16-28(29(23)37-31)43-27-1-3-32-4-2-27/h13-20,27,32H,1-12H2,(H,34,35)(H,33,36,37). The number of carbonyl (C=O) groups is 1. The lowest BCUT2D eigenvalue weighted by Crippen LogP contribution is -2.41. The van der Waals surface area contributed by atoms with Crippen molar-refractivity contribution >= 4 is 34.1 Å². The van der Waals surface area contributed by atoms with Crippen LogP contribution in [0.3, 0.4) is 0 Å². The van der Waals surface area contributed by atoms with Crippen molar-refractivity contribution in [1.29, 1.82) is 0 Å². The Bertz CT molecular complexity index is 1560. The fraction of sp³-hybridized carbons (Fsp3) is 0.419. The molecule has 2 aromatic heterocycles. The van der Waals surface area contributed by atoms with Gasteiger partial charge >= 0.3 is 0 Å². The number of fused-ring (bicyclic) bond motifs is 1. The van der Waals surface area contributed by atoms with Crippen LogP contribution < -0.4 is 20.3 Å². The minimum Gasteiger partial charge on any atom is -0.488 e. The number of rotatable bonds is 7. The number of H-pyrrole nitrogens is 1. The molecule has 0 spiro atoms. The molecule has 0 aliphatic carbocycles. The molecule has 0 saturated carbocycles. The minimum absolute atomic E-state index is 0.00896. The third kappa shape index (κ3) is 6.26. The molecule has 43 heavy (non-hydrogen) atoms. The van der Waals surface area contributed by atoms with Gasteiger partial charge in [0.2, 0.25) is 5.95 Å². The summed E-state index contributed by atoms with van der Waals surface area (Å²) in [6.45, 7) is 6.94. The van der Waals surface area contributed by atoms with E-state index in [1.54, 1.807) is 6.20 Å². The number of carbonyl (C=O) groups excluding carboxylic acids is 1. The van der Waals surface area contributed by atoms with Crippen LogP contribution in [-0.2, 0) is 9.47 Å². The van der Waals surface area contributed by atoms with Gasteiger partial charge in [-0.1, -0.05) is 0 Å². The van der Waals surface area contributed by atoms with Crippen molar-refractivity contribution in [3.05, 3.63) is 54.5 Å². The van der Waals surface area contributed by atoms with Crippen LogP contribution >= 0.6 is 0 Å². The van der Waals surface area contributed by atoms with Crippen LogP contribution in [0.1, 0.15) is 23.2 Å². The first-order valence-electron chi connectivity index (χ1n) is 15.0. The Balaban J connectivity index is 1.23. The number of ether oxygens (including phenoxy) is 3. The molecule has 3 aliphatic heterocycles. The van der Waals surface area contributed by atoms with E-state index in [4.69, 9.17) is 19.2 Å². The SMILES string of the molecule is O=C(c1cc(Nc2ncc3cc(-c4cn[nH]c4)cc(OC4CCNCC4)c3n2)cc(N2CCOCC2)c1)N1CCOCC1. The van der Waals surface area contributed by atoms with Gasteiger partial charge in [-0.25, -0.2) is 9.97 Å². The van der Waals surface area contributed by atoms with E-state index in [2.05, 4.69) is 36.8 Å². The monoisotopic (exact) mass is 584 g/mol. The maximum Gasteiger partial charge on any atom is 0.254 e. The molecule has 7 rings (SSSR count). The predicted molar refractivity (Wildman–Crippen MR) is 163 cm³/mol. The van der Waals surface area contributed by atoms with Gasteiger partial charge in [0.25, 0.3) is 5.91 Å². The minimum atomic E-state index is -0.00896. The number of benzene rings is 2. The van der Waals surface area contributed by atoms with Crippen molar-refractivity contribution in [2.24, 2.45) is 0 Å². The Morgan fingerprint density at radius 1 is 0.930 bits per heavy atom. The lowest BCUT2D eigenvalue weighted by atomic mass is 10.1. The van der Waals surface area contributed by atoms with Crippen molar-refractivity contribution in [2.75, 3.05) is 75.9 Å². The summed E-state index contributed by atoms with van der Waals surface area (Å²) in [5.41, 5.74) is 5.02. The number of morpholine rings is 2. The van der Waals surface area contributed by atoms with Crippen LogP contribution in [0.2, 0.25) is 0 Å². The van der Waals surface area contributed by atoms with Crippen molar-refractivity contribution in [3.8, 4) is 16.9 Å². The van der Waals surface area contributed by atoms with E-state index in [-0.39, 0.29) is 12.0 Å². The highest BCUT2D eigenvalue weighted by atomic mass is 16.5. The summed E-state index contributed by atoms with van der Waals surface area (Å²) in [5.74, 6) is 1.14. The quantitative estimate of drug-likeness (QED) is 0.298. The summed E-state index contributed by atoms with van der Waals surface area (Å²) in [6, 6.07) is 9.98. The Morgan fingerprint density at radius 3 is 2.49 bits per heavy atom. The molecule has 12 nitrogen and oxygen atoms in total. The van der Waals surface area contributed by atoms with Crippen molar-refractivity contribution in [3.63, 3.8) is 0 Å². The molecule has 12 heteroatoms. The highest BCUT2D eigenvalue weighted by Gasteiger charge is 2.22. The molecular weight excluding hydrogens is 548 g/mol. The van der Waals surface area contributed by atoms with Gasteiger partial charge in [0, 0.05) is 66.5 Å². The summed E-state index contributed by atoms with van der Waals surface area (Å²) < 4.78 is 17.6. The van der Waals surface area contributed by atoms with Crippen LogP contribution in [0.4, 0.5) is 17.3 Å². The third-order valence-corrected chi connectivity index (χ3v) is 8.15. The van der Waals surface area contributed by atoms with Gasteiger partial charge < -0.3 is 34.6 Å². The molecule has 3 N–H and O–H groups in total.